The average molecular weight is 826 g/mol. The molecule has 1 aromatic heterocycles. The Labute approximate surface area is 355 Å². The minimum atomic E-state index is -0.637. The average Bonchev–Trinajstić information content (AvgIpc) is 3.28. The number of ether oxygens (including phenoxy) is 5. The van der Waals surface area contributed by atoms with Crippen LogP contribution in [0, 0.1) is 0 Å². The lowest BCUT2D eigenvalue weighted by Gasteiger charge is -2.46. The third-order valence-corrected chi connectivity index (χ3v) is 10.5. The van der Waals surface area contributed by atoms with Gasteiger partial charge in [0, 0.05) is 11.4 Å². The minimum Gasteiger partial charge on any atom is -0.374 e. The molecule has 0 radical (unpaired) electrons. The number of nitrogens with zero attached hydrogens (tertiary/aromatic N) is 2. The van der Waals surface area contributed by atoms with E-state index in [1.807, 2.05) is 140 Å². The molecule has 2 heterocycles. The second-order valence-electron chi connectivity index (χ2n) is 14.7. The number of amides is 1. The van der Waals surface area contributed by atoms with E-state index in [-0.39, 0.29) is 24.6 Å². The van der Waals surface area contributed by atoms with Crippen LogP contribution >= 0.6 is 11.6 Å². The summed E-state index contributed by atoms with van der Waals surface area (Å²) in [5.41, 5.74) is 6.39. The van der Waals surface area contributed by atoms with E-state index in [1.54, 1.807) is 12.1 Å². The van der Waals surface area contributed by atoms with Crippen LogP contribution in [-0.4, -0.2) is 59.5 Å². The van der Waals surface area contributed by atoms with Crippen LogP contribution in [0.3, 0.4) is 0 Å². The van der Waals surface area contributed by atoms with Crippen molar-refractivity contribution in [3.63, 3.8) is 0 Å². The van der Waals surface area contributed by atoms with Gasteiger partial charge in [-0.05, 0) is 58.5 Å². The highest BCUT2D eigenvalue weighted by Crippen LogP contribution is 2.40. The molecule has 5 unspecified atom stereocenters. The number of rotatable bonds is 19. The number of ketones is 1. The highest BCUT2D eigenvalue weighted by molar-refractivity contribution is 6.31. The molecule has 60 heavy (non-hydrogen) atoms. The molecular formula is C49H48ClN3O7. The van der Waals surface area contributed by atoms with Gasteiger partial charge < -0.3 is 29.0 Å². The molecule has 308 valence electrons. The Kier molecular flexibility index (Phi) is 15.3. The van der Waals surface area contributed by atoms with E-state index in [4.69, 9.17) is 35.3 Å². The topological polar surface area (TPSA) is 118 Å². The molecular weight excluding hydrogens is 778 g/mol. The maximum absolute atomic E-state index is 12.5. The Hall–Kier alpha value is -5.59. The summed E-state index contributed by atoms with van der Waals surface area (Å²) < 4.78 is 34.2. The lowest BCUT2D eigenvalue weighted by Crippen LogP contribution is -2.58. The molecule has 0 aliphatic carbocycles. The third kappa shape index (κ3) is 12.0. The van der Waals surface area contributed by atoms with E-state index in [1.165, 1.54) is 6.92 Å². The first-order valence-corrected chi connectivity index (χ1v) is 20.4. The zero-order valence-corrected chi connectivity index (χ0v) is 34.2. The van der Waals surface area contributed by atoms with Gasteiger partial charge in [0.1, 0.15) is 36.3 Å². The molecule has 0 bridgehead atoms. The van der Waals surface area contributed by atoms with Crippen LogP contribution in [0.2, 0.25) is 5.02 Å². The number of Topliss-reactive ketones (excluding diaryl/α,β-unsaturated/α-hetero) is 1. The van der Waals surface area contributed by atoms with Gasteiger partial charge >= 0.3 is 0 Å². The van der Waals surface area contributed by atoms with Gasteiger partial charge in [-0.2, -0.15) is 5.10 Å². The molecule has 1 amide bonds. The van der Waals surface area contributed by atoms with Crippen molar-refractivity contribution in [2.45, 2.75) is 70.3 Å². The molecule has 1 fully saturated rings. The maximum atomic E-state index is 12.5. The summed E-state index contributed by atoms with van der Waals surface area (Å²) in [4.78, 5) is 23.8. The molecule has 7 rings (SSSR count). The monoisotopic (exact) mass is 825 g/mol. The highest BCUT2D eigenvalue weighted by atomic mass is 35.5. The predicted octanol–water partition coefficient (Wildman–Crippen LogP) is 8.45. The molecule has 0 saturated carbocycles. The first-order chi connectivity index (χ1) is 29.4. The number of hydrogen-bond donors (Lipinski definition) is 1. The van der Waals surface area contributed by atoms with E-state index in [0.717, 1.165) is 33.4 Å². The van der Waals surface area contributed by atoms with Gasteiger partial charge in [-0.1, -0.05) is 145 Å². The Bertz CT molecular complexity index is 2250. The Balaban J connectivity index is 1.23. The van der Waals surface area contributed by atoms with Gasteiger partial charge in [0.05, 0.1) is 45.3 Å². The fraction of sp³-hybridized carbons (Fsp3) is 0.265. The highest BCUT2D eigenvalue weighted by Gasteiger charge is 2.49. The van der Waals surface area contributed by atoms with Crippen molar-refractivity contribution in [2.24, 2.45) is 0 Å². The molecule has 1 saturated heterocycles. The lowest BCUT2D eigenvalue weighted by molar-refractivity contribution is -0.275. The van der Waals surface area contributed by atoms with Gasteiger partial charge in [-0.15, -0.1) is 5.10 Å². The SMILES string of the molecule is CC(=O)CNC(=O)c1ccc(Cc2cc(C3OC(COCc4ccccc4)C(OCc4ccccc4)C(OCc4ccccc4)C3OCc3ccccc3)ccc2Cl)nn1. The third-order valence-electron chi connectivity index (χ3n) is 10.1. The van der Waals surface area contributed by atoms with Crippen LogP contribution in [0.5, 0.6) is 0 Å². The zero-order chi connectivity index (χ0) is 41.5. The number of halogens is 1. The summed E-state index contributed by atoms with van der Waals surface area (Å²) in [6.07, 6.45) is -2.69. The Morgan fingerprint density at radius 1 is 0.633 bits per heavy atom. The van der Waals surface area contributed by atoms with Crippen molar-refractivity contribution < 1.29 is 33.3 Å². The van der Waals surface area contributed by atoms with Gasteiger partial charge in [0.2, 0.25) is 0 Å². The summed E-state index contributed by atoms with van der Waals surface area (Å²) >= 11 is 6.86. The molecule has 0 spiro atoms. The van der Waals surface area contributed by atoms with Crippen LogP contribution < -0.4 is 5.32 Å². The molecule has 10 nitrogen and oxygen atoms in total. The van der Waals surface area contributed by atoms with Crippen molar-refractivity contribution in [2.75, 3.05) is 13.2 Å². The molecule has 1 N–H and O–H groups in total. The minimum absolute atomic E-state index is 0.0813. The summed E-state index contributed by atoms with van der Waals surface area (Å²) in [6.45, 7) is 2.89. The van der Waals surface area contributed by atoms with Crippen LogP contribution in [0.15, 0.2) is 152 Å². The molecule has 5 aromatic carbocycles. The normalized spacial score (nSPS) is 18.8. The van der Waals surface area contributed by atoms with Crippen molar-refractivity contribution in [1.82, 2.24) is 15.5 Å². The van der Waals surface area contributed by atoms with Crippen LogP contribution in [0.25, 0.3) is 0 Å². The van der Waals surface area contributed by atoms with Crippen LogP contribution in [0.1, 0.15) is 62.6 Å². The number of carbonyl (C=O) groups excluding carboxylic acids is 2. The van der Waals surface area contributed by atoms with Gasteiger partial charge in [-0.3, -0.25) is 9.59 Å². The van der Waals surface area contributed by atoms with E-state index in [0.29, 0.717) is 43.6 Å². The van der Waals surface area contributed by atoms with Gasteiger partial charge in [0.25, 0.3) is 5.91 Å². The van der Waals surface area contributed by atoms with Crippen molar-refractivity contribution >= 4 is 23.3 Å². The second-order valence-corrected chi connectivity index (χ2v) is 15.1. The Morgan fingerprint density at radius 2 is 1.17 bits per heavy atom. The Morgan fingerprint density at radius 3 is 1.70 bits per heavy atom. The predicted molar refractivity (Wildman–Crippen MR) is 228 cm³/mol. The van der Waals surface area contributed by atoms with E-state index >= 15 is 0 Å². The lowest BCUT2D eigenvalue weighted by atomic mass is 9.89. The van der Waals surface area contributed by atoms with E-state index < -0.39 is 36.4 Å². The van der Waals surface area contributed by atoms with Crippen molar-refractivity contribution in [3.8, 4) is 0 Å². The zero-order valence-electron chi connectivity index (χ0n) is 33.4. The summed E-state index contributed by atoms with van der Waals surface area (Å²) in [5, 5.41) is 11.5. The summed E-state index contributed by atoms with van der Waals surface area (Å²) in [6, 6.07) is 49.2. The smallest absolute Gasteiger partial charge is 0.272 e. The first kappa shape index (κ1) is 42.5. The van der Waals surface area contributed by atoms with Gasteiger partial charge in [-0.25, -0.2) is 0 Å². The molecule has 6 aromatic rings. The largest absolute Gasteiger partial charge is 0.374 e. The number of carbonyl (C=O) groups is 2. The quantitative estimate of drug-likeness (QED) is 0.0859. The summed E-state index contributed by atoms with van der Waals surface area (Å²) in [7, 11) is 0. The fourth-order valence-corrected chi connectivity index (χ4v) is 7.21. The first-order valence-electron chi connectivity index (χ1n) is 20.0. The standard InChI is InChI=1S/C49H48ClN3O7/c1-34(54)28-51-49(55)43-25-23-41(52-53-43)27-40-26-39(22-24-42(40)50)45-47(58-31-37-18-10-4-11-19-37)48(59-32-38-20-12-5-13-21-38)46(57-30-36-16-8-3-9-17-36)44(60-45)33-56-29-35-14-6-2-7-15-35/h2-26,44-48H,27-33H2,1H3,(H,51,55). The van der Waals surface area contributed by atoms with Crippen molar-refractivity contribution in [3.05, 3.63) is 201 Å². The molecule has 1 aliphatic heterocycles. The van der Waals surface area contributed by atoms with Gasteiger partial charge in [0.15, 0.2) is 5.69 Å². The maximum Gasteiger partial charge on any atom is 0.272 e. The molecule has 1 aliphatic rings. The second kappa shape index (κ2) is 21.6. The van der Waals surface area contributed by atoms with Crippen LogP contribution in [0.4, 0.5) is 0 Å². The molecule has 11 heteroatoms. The van der Waals surface area contributed by atoms with Crippen molar-refractivity contribution in [1.29, 1.82) is 0 Å². The summed E-state index contributed by atoms with van der Waals surface area (Å²) in [5.74, 6) is -0.634. The molecule has 5 atom stereocenters. The van der Waals surface area contributed by atoms with E-state index in [2.05, 4.69) is 15.5 Å². The number of benzene rings is 5. The van der Waals surface area contributed by atoms with Crippen LogP contribution in [-0.2, 0) is 61.3 Å². The number of nitrogens with one attached hydrogen (secondary N) is 1. The van der Waals surface area contributed by atoms with E-state index in [9.17, 15) is 9.59 Å². The fourth-order valence-electron chi connectivity index (χ4n) is 7.03. The number of hydrogen-bond acceptors (Lipinski definition) is 9. The number of aromatic nitrogens is 2.